The van der Waals surface area contributed by atoms with Gasteiger partial charge in [-0.25, -0.2) is 8.42 Å². The Balaban J connectivity index is 1.96. The highest BCUT2D eigenvalue weighted by Crippen LogP contribution is 2.29. The molecule has 3 rings (SSSR count). The van der Waals surface area contributed by atoms with Gasteiger partial charge < -0.3 is 24.4 Å². The quantitative estimate of drug-likeness (QED) is 0.535. The van der Waals surface area contributed by atoms with Crippen molar-refractivity contribution in [1.29, 1.82) is 0 Å². The molecule has 4 atom stereocenters. The van der Waals surface area contributed by atoms with E-state index in [9.17, 15) is 18.3 Å². The monoisotopic (exact) mass is 575 g/mol. The van der Waals surface area contributed by atoms with Gasteiger partial charge in [0.05, 0.1) is 35.3 Å². The Bertz CT molecular complexity index is 1210. The van der Waals surface area contributed by atoms with Crippen molar-refractivity contribution in [2.24, 2.45) is 5.92 Å². The van der Waals surface area contributed by atoms with Crippen LogP contribution in [-0.4, -0.2) is 94.3 Å². The van der Waals surface area contributed by atoms with Gasteiger partial charge in [0.25, 0.3) is 5.91 Å². The lowest BCUT2D eigenvalue weighted by atomic mass is 10.0. The van der Waals surface area contributed by atoms with Crippen LogP contribution in [0.25, 0.3) is 0 Å². The molecule has 0 saturated heterocycles. The third kappa shape index (κ3) is 7.96. The molecule has 0 unspecified atom stereocenters. The average molecular weight is 576 g/mol. The van der Waals surface area contributed by atoms with Gasteiger partial charge in [0.2, 0.25) is 10.0 Å². The molecule has 0 bridgehead atoms. The summed E-state index contributed by atoms with van der Waals surface area (Å²) in [6.07, 6.45) is 1.88. The molecule has 1 amide bonds. The van der Waals surface area contributed by atoms with E-state index in [0.29, 0.717) is 17.9 Å². The van der Waals surface area contributed by atoms with E-state index >= 15 is 0 Å². The van der Waals surface area contributed by atoms with Crippen molar-refractivity contribution in [2.45, 2.75) is 63.2 Å². The average Bonchev–Trinajstić information content (AvgIpc) is 2.94. The van der Waals surface area contributed by atoms with Crippen LogP contribution in [0.1, 0.15) is 50.4 Å². The number of anilines is 1. The first-order valence-corrected chi connectivity index (χ1v) is 15.4. The molecule has 1 aliphatic rings. The third-order valence-electron chi connectivity index (χ3n) is 7.44. The second-order valence-corrected chi connectivity index (χ2v) is 13.0. The van der Waals surface area contributed by atoms with Gasteiger partial charge in [0, 0.05) is 52.4 Å². The van der Waals surface area contributed by atoms with Crippen molar-refractivity contribution >= 4 is 21.6 Å². The second-order valence-electron chi connectivity index (χ2n) is 11.0. The minimum atomic E-state index is -3.72. The number of sulfonamides is 1. The van der Waals surface area contributed by atoms with Gasteiger partial charge in [0.15, 0.2) is 0 Å². The summed E-state index contributed by atoms with van der Waals surface area (Å²) in [6, 6.07) is 13.5. The normalized spacial score (nSPS) is 22.2. The van der Waals surface area contributed by atoms with Gasteiger partial charge in [-0.1, -0.05) is 25.1 Å². The van der Waals surface area contributed by atoms with Gasteiger partial charge in [0.1, 0.15) is 5.75 Å². The zero-order valence-electron chi connectivity index (χ0n) is 24.6. The summed E-state index contributed by atoms with van der Waals surface area (Å²) in [5.41, 5.74) is 1.30. The summed E-state index contributed by atoms with van der Waals surface area (Å²) in [5.74, 6) is 0.0412. The molecule has 40 heavy (non-hydrogen) atoms. The Morgan fingerprint density at radius 1 is 1.07 bits per heavy atom. The number of amides is 1. The lowest BCUT2D eigenvalue weighted by Gasteiger charge is -2.35. The lowest BCUT2D eigenvalue weighted by molar-refractivity contribution is -0.00833. The lowest BCUT2D eigenvalue weighted by Crippen LogP contribution is -2.48. The molecule has 2 aromatic rings. The van der Waals surface area contributed by atoms with Crippen LogP contribution in [0.4, 0.5) is 5.69 Å². The first kappa shape index (κ1) is 31.9. The Hall–Kier alpha value is -2.66. The highest BCUT2D eigenvalue weighted by Gasteiger charge is 2.32. The van der Waals surface area contributed by atoms with E-state index in [1.165, 1.54) is 4.31 Å². The third-order valence-corrected chi connectivity index (χ3v) is 9.28. The zero-order chi connectivity index (χ0) is 29.4. The number of hydrogen-bond donors (Lipinski definition) is 1. The smallest absolute Gasteiger partial charge is 0.258 e. The van der Waals surface area contributed by atoms with Crippen molar-refractivity contribution in [3.63, 3.8) is 0 Å². The van der Waals surface area contributed by atoms with Crippen LogP contribution in [0.3, 0.4) is 0 Å². The number of carbonyl (C=O) groups is 1. The van der Waals surface area contributed by atoms with Crippen molar-refractivity contribution in [2.75, 3.05) is 52.3 Å². The number of ether oxygens (including phenoxy) is 2. The number of benzene rings is 2. The Morgan fingerprint density at radius 2 is 1.77 bits per heavy atom. The fraction of sp³-hybridized carbons (Fsp3) is 0.567. The molecule has 0 saturated carbocycles. The first-order chi connectivity index (χ1) is 18.9. The summed E-state index contributed by atoms with van der Waals surface area (Å²) in [4.78, 5) is 17.9. The molecule has 9 nitrogen and oxygen atoms in total. The van der Waals surface area contributed by atoms with E-state index < -0.39 is 22.2 Å². The van der Waals surface area contributed by atoms with E-state index in [0.717, 1.165) is 24.9 Å². The maximum Gasteiger partial charge on any atom is 0.258 e. The fourth-order valence-electron chi connectivity index (χ4n) is 4.78. The van der Waals surface area contributed by atoms with Crippen molar-refractivity contribution in [3.8, 4) is 5.75 Å². The molecule has 0 radical (unpaired) electrons. The predicted octanol–water partition coefficient (Wildman–Crippen LogP) is 3.87. The van der Waals surface area contributed by atoms with Gasteiger partial charge in [-0.05, 0) is 63.4 Å². The number of likely N-dealkylation sites (N-methyl/N-ethyl adjacent to an activating group) is 1. The minimum absolute atomic E-state index is 0.111. The largest absolute Gasteiger partial charge is 0.490 e. The van der Waals surface area contributed by atoms with Crippen LogP contribution in [0.2, 0.25) is 0 Å². The van der Waals surface area contributed by atoms with E-state index in [1.807, 2.05) is 51.0 Å². The molecule has 1 aliphatic heterocycles. The van der Waals surface area contributed by atoms with Gasteiger partial charge in [-0.3, -0.25) is 4.79 Å². The molecule has 0 spiro atoms. The SMILES string of the molecule is C[C@H](CO)N1C[C@H](C)[C@@H](CN(C)S(=O)(=O)c2ccccc2)OCCCC[C@H](C)Oc2ccc(N(C)C)cc2C1=O. The van der Waals surface area contributed by atoms with Crippen molar-refractivity contribution in [3.05, 3.63) is 54.1 Å². The van der Waals surface area contributed by atoms with Crippen LogP contribution in [0.15, 0.2) is 53.4 Å². The molecule has 2 aromatic carbocycles. The summed E-state index contributed by atoms with van der Waals surface area (Å²) < 4.78 is 40.4. The maximum absolute atomic E-state index is 14.1. The van der Waals surface area contributed by atoms with Gasteiger partial charge in [-0.2, -0.15) is 4.31 Å². The van der Waals surface area contributed by atoms with E-state index in [4.69, 9.17) is 9.47 Å². The van der Waals surface area contributed by atoms with Crippen LogP contribution < -0.4 is 9.64 Å². The predicted molar refractivity (Wildman–Crippen MR) is 157 cm³/mol. The second kappa shape index (κ2) is 14.3. The Kier molecular flexibility index (Phi) is 11.4. The van der Waals surface area contributed by atoms with Gasteiger partial charge in [-0.15, -0.1) is 0 Å². The number of nitrogens with zero attached hydrogens (tertiary/aromatic N) is 3. The topological polar surface area (TPSA) is 99.6 Å². The van der Waals surface area contributed by atoms with E-state index in [2.05, 4.69) is 0 Å². The summed E-state index contributed by atoms with van der Waals surface area (Å²) in [5, 5.41) is 10.1. The van der Waals surface area contributed by atoms with Crippen LogP contribution in [0, 0.1) is 5.92 Å². The Morgan fingerprint density at radius 3 is 2.42 bits per heavy atom. The molecule has 10 heteroatoms. The molecular weight excluding hydrogens is 530 g/mol. The maximum atomic E-state index is 14.1. The molecule has 1 N–H and O–H groups in total. The van der Waals surface area contributed by atoms with E-state index in [-0.39, 0.29) is 42.5 Å². The van der Waals surface area contributed by atoms with Gasteiger partial charge >= 0.3 is 0 Å². The number of rotatable bonds is 7. The molecule has 0 fully saturated rings. The standard InChI is InChI=1S/C30H45N3O6S/c1-22-19-33(23(2)21-34)30(35)27-18-25(31(4)5)15-16-28(27)39-24(3)12-10-11-17-38-29(22)20-32(6)40(36,37)26-13-8-7-9-14-26/h7-9,13-16,18,22-24,29,34H,10-12,17,19-21H2,1-6H3/t22-,23+,24-,29+/m0/s1. The highest BCUT2D eigenvalue weighted by atomic mass is 32.2. The minimum Gasteiger partial charge on any atom is -0.490 e. The zero-order valence-corrected chi connectivity index (χ0v) is 25.4. The summed E-state index contributed by atoms with van der Waals surface area (Å²) in [7, 11) is 1.67. The number of hydrogen-bond acceptors (Lipinski definition) is 7. The fourth-order valence-corrected chi connectivity index (χ4v) is 5.98. The molecule has 0 aliphatic carbocycles. The molecule has 222 valence electrons. The Labute approximate surface area is 239 Å². The van der Waals surface area contributed by atoms with Crippen LogP contribution >= 0.6 is 0 Å². The molecule has 0 aromatic heterocycles. The number of aliphatic hydroxyl groups is 1. The van der Waals surface area contributed by atoms with Crippen molar-refractivity contribution in [1.82, 2.24) is 9.21 Å². The van der Waals surface area contributed by atoms with Crippen LogP contribution in [-0.2, 0) is 14.8 Å². The first-order valence-electron chi connectivity index (χ1n) is 14.0. The number of fused-ring (bicyclic) bond motifs is 1. The summed E-state index contributed by atoms with van der Waals surface area (Å²) >= 11 is 0. The molecule has 1 heterocycles. The summed E-state index contributed by atoms with van der Waals surface area (Å²) in [6.45, 7) is 6.40. The van der Waals surface area contributed by atoms with E-state index in [1.54, 1.807) is 49.2 Å². The molecular formula is C30H45N3O6S. The number of aliphatic hydroxyl groups excluding tert-OH is 1. The highest BCUT2D eigenvalue weighted by molar-refractivity contribution is 7.89. The van der Waals surface area contributed by atoms with Crippen molar-refractivity contribution < 1.29 is 27.8 Å². The van der Waals surface area contributed by atoms with Crippen LogP contribution in [0.5, 0.6) is 5.75 Å². The number of carbonyl (C=O) groups excluding carboxylic acids is 1.